The molecule has 1 unspecified atom stereocenters. The number of fused-ring (bicyclic) bond motifs is 4. The first-order valence-corrected chi connectivity index (χ1v) is 6.95. The number of carbonyl (C=O) groups excluding carboxylic acids is 1. The predicted molar refractivity (Wildman–Crippen MR) is 79.1 cm³/mol. The van der Waals surface area contributed by atoms with Gasteiger partial charge in [-0.25, -0.2) is 0 Å². The Morgan fingerprint density at radius 3 is 2.70 bits per heavy atom. The minimum absolute atomic E-state index is 0.0395. The maximum atomic E-state index is 11.7. The first kappa shape index (κ1) is 11.6. The summed E-state index contributed by atoms with van der Waals surface area (Å²) in [5.74, 6) is 0.0395. The number of rotatable bonds is 0. The Morgan fingerprint density at radius 2 is 1.80 bits per heavy atom. The summed E-state index contributed by atoms with van der Waals surface area (Å²) in [5, 5.41) is 4.90. The SMILES string of the molecule is NC1Cc2c3c(ccc2=CC1=O)=c1ccccc1=CC3. The lowest BCUT2D eigenvalue weighted by molar-refractivity contribution is -0.114. The first-order valence-electron chi connectivity index (χ1n) is 6.95. The summed E-state index contributed by atoms with van der Waals surface area (Å²) in [6, 6.07) is 12.3. The van der Waals surface area contributed by atoms with E-state index in [-0.39, 0.29) is 11.8 Å². The number of ketones is 1. The van der Waals surface area contributed by atoms with Crippen molar-refractivity contribution in [3.63, 3.8) is 0 Å². The molecule has 20 heavy (non-hydrogen) atoms. The van der Waals surface area contributed by atoms with Crippen LogP contribution in [0.1, 0.15) is 11.1 Å². The molecule has 1 atom stereocenters. The lowest BCUT2D eigenvalue weighted by Gasteiger charge is -2.19. The molecule has 0 saturated carbocycles. The average molecular weight is 261 g/mol. The Hall–Kier alpha value is -2.19. The summed E-state index contributed by atoms with van der Waals surface area (Å²) in [6.45, 7) is 0. The third kappa shape index (κ3) is 1.58. The van der Waals surface area contributed by atoms with E-state index in [2.05, 4.69) is 42.5 Å². The summed E-state index contributed by atoms with van der Waals surface area (Å²) < 4.78 is 0. The Morgan fingerprint density at radius 1 is 0.950 bits per heavy atom. The van der Waals surface area contributed by atoms with Crippen molar-refractivity contribution >= 4 is 17.9 Å². The van der Waals surface area contributed by atoms with Gasteiger partial charge in [-0.15, -0.1) is 0 Å². The highest BCUT2D eigenvalue weighted by molar-refractivity contribution is 6.10. The van der Waals surface area contributed by atoms with Crippen LogP contribution in [0, 0.1) is 10.4 Å². The topological polar surface area (TPSA) is 43.1 Å². The van der Waals surface area contributed by atoms with Crippen LogP contribution in [0.4, 0.5) is 0 Å². The summed E-state index contributed by atoms with van der Waals surface area (Å²) in [7, 11) is 0. The van der Waals surface area contributed by atoms with E-state index in [9.17, 15) is 4.79 Å². The van der Waals surface area contributed by atoms with Crippen LogP contribution in [-0.2, 0) is 17.6 Å². The van der Waals surface area contributed by atoms with Gasteiger partial charge in [-0.2, -0.15) is 0 Å². The van der Waals surface area contributed by atoms with Crippen LogP contribution in [-0.4, -0.2) is 11.8 Å². The van der Waals surface area contributed by atoms with Crippen molar-refractivity contribution in [1.82, 2.24) is 0 Å². The molecule has 0 heterocycles. The van der Waals surface area contributed by atoms with Crippen molar-refractivity contribution in [3.8, 4) is 0 Å². The molecule has 0 fully saturated rings. The Balaban J connectivity index is 2.17. The molecule has 0 aromatic heterocycles. The molecule has 0 aliphatic heterocycles. The molecule has 2 N–H and O–H groups in total. The van der Waals surface area contributed by atoms with E-state index in [1.165, 1.54) is 26.8 Å². The third-order valence-electron chi connectivity index (χ3n) is 4.33. The van der Waals surface area contributed by atoms with Crippen molar-refractivity contribution in [3.05, 3.63) is 68.4 Å². The van der Waals surface area contributed by atoms with Crippen LogP contribution in [0.2, 0.25) is 0 Å². The van der Waals surface area contributed by atoms with E-state index in [0.29, 0.717) is 6.42 Å². The number of nitrogens with two attached hydrogens (primary N) is 1. The van der Waals surface area contributed by atoms with Gasteiger partial charge in [-0.1, -0.05) is 42.5 Å². The lowest BCUT2D eigenvalue weighted by atomic mass is 9.87. The van der Waals surface area contributed by atoms with Gasteiger partial charge in [0.1, 0.15) is 0 Å². The summed E-state index contributed by atoms with van der Waals surface area (Å²) in [4.78, 5) is 11.7. The maximum Gasteiger partial charge on any atom is 0.173 e. The van der Waals surface area contributed by atoms with E-state index < -0.39 is 0 Å². The van der Waals surface area contributed by atoms with Crippen LogP contribution in [0.15, 0.2) is 36.4 Å². The monoisotopic (exact) mass is 261 g/mol. The van der Waals surface area contributed by atoms with Crippen molar-refractivity contribution in [2.24, 2.45) is 5.73 Å². The molecule has 4 rings (SSSR count). The van der Waals surface area contributed by atoms with Crippen molar-refractivity contribution < 1.29 is 4.79 Å². The van der Waals surface area contributed by atoms with Gasteiger partial charge in [-0.05, 0) is 50.9 Å². The normalized spacial score (nSPS) is 19.2. The maximum absolute atomic E-state index is 11.7. The van der Waals surface area contributed by atoms with E-state index >= 15 is 0 Å². The molecule has 2 aromatic rings. The van der Waals surface area contributed by atoms with Crippen LogP contribution in [0.3, 0.4) is 0 Å². The summed E-state index contributed by atoms with van der Waals surface area (Å²) in [5.41, 5.74) is 8.51. The predicted octanol–water partition coefficient (Wildman–Crippen LogP) is 0.543. The largest absolute Gasteiger partial charge is 0.321 e. The van der Waals surface area contributed by atoms with E-state index in [1.54, 1.807) is 6.08 Å². The molecule has 2 aliphatic carbocycles. The fourth-order valence-corrected chi connectivity index (χ4v) is 3.29. The van der Waals surface area contributed by atoms with Gasteiger partial charge < -0.3 is 5.73 Å². The molecule has 2 aliphatic rings. The molecule has 2 heteroatoms. The molecule has 0 spiro atoms. The van der Waals surface area contributed by atoms with Crippen molar-refractivity contribution in [2.75, 3.05) is 0 Å². The highest BCUT2D eigenvalue weighted by atomic mass is 16.1. The van der Waals surface area contributed by atoms with Crippen LogP contribution in [0.5, 0.6) is 0 Å². The lowest BCUT2D eigenvalue weighted by Crippen LogP contribution is -2.39. The molecule has 2 aromatic carbocycles. The number of carbonyl (C=O) groups is 1. The van der Waals surface area contributed by atoms with E-state index in [4.69, 9.17) is 5.73 Å². The van der Waals surface area contributed by atoms with Gasteiger partial charge in [0, 0.05) is 0 Å². The molecule has 0 amide bonds. The van der Waals surface area contributed by atoms with Crippen molar-refractivity contribution in [1.29, 1.82) is 0 Å². The van der Waals surface area contributed by atoms with Crippen molar-refractivity contribution in [2.45, 2.75) is 18.9 Å². The number of hydrogen-bond donors (Lipinski definition) is 1. The molecule has 2 nitrogen and oxygen atoms in total. The zero-order valence-corrected chi connectivity index (χ0v) is 11.1. The second kappa shape index (κ2) is 4.15. The third-order valence-corrected chi connectivity index (χ3v) is 4.33. The smallest absolute Gasteiger partial charge is 0.173 e. The Labute approximate surface area is 116 Å². The highest BCUT2D eigenvalue weighted by Gasteiger charge is 2.20. The fraction of sp³-hybridized carbons (Fsp3) is 0.167. The quantitative estimate of drug-likeness (QED) is 0.752. The molecular weight excluding hydrogens is 246 g/mol. The Kier molecular flexibility index (Phi) is 2.41. The van der Waals surface area contributed by atoms with Crippen LogP contribution in [0.25, 0.3) is 12.2 Å². The second-order valence-electron chi connectivity index (χ2n) is 5.51. The van der Waals surface area contributed by atoms with Gasteiger partial charge >= 0.3 is 0 Å². The minimum atomic E-state index is -0.383. The van der Waals surface area contributed by atoms with E-state index in [0.717, 1.165) is 11.6 Å². The highest BCUT2D eigenvalue weighted by Crippen LogP contribution is 2.16. The molecular formula is C18H15NO. The first-order chi connectivity index (χ1) is 9.74. The summed E-state index contributed by atoms with van der Waals surface area (Å²) >= 11 is 0. The van der Waals surface area contributed by atoms with Crippen LogP contribution < -0.4 is 16.2 Å². The van der Waals surface area contributed by atoms with Gasteiger partial charge in [-0.3, -0.25) is 4.79 Å². The van der Waals surface area contributed by atoms with Gasteiger partial charge in [0.25, 0.3) is 0 Å². The van der Waals surface area contributed by atoms with Crippen LogP contribution >= 0.6 is 0 Å². The number of benzene rings is 2. The molecule has 98 valence electrons. The zero-order chi connectivity index (χ0) is 13.7. The molecule has 0 bridgehead atoms. The molecule has 0 saturated heterocycles. The number of Topliss-reactive ketones (excluding diaryl/α,β-unsaturated/α-hetero) is 1. The molecule has 0 radical (unpaired) electrons. The second-order valence-corrected chi connectivity index (χ2v) is 5.51. The van der Waals surface area contributed by atoms with Gasteiger partial charge in [0.2, 0.25) is 0 Å². The standard InChI is InChI=1S/C18H15NO/c19-17-10-16-12(9-18(17)20)6-8-14-13-4-2-1-3-11(13)5-7-15(14)16/h1-6,8-9,17H,7,10,19H2. The average Bonchev–Trinajstić information content (AvgIpc) is 2.48. The fourth-order valence-electron chi connectivity index (χ4n) is 3.29. The van der Waals surface area contributed by atoms with E-state index in [1.807, 2.05) is 0 Å². The van der Waals surface area contributed by atoms with Gasteiger partial charge in [0.15, 0.2) is 5.78 Å². The zero-order valence-electron chi connectivity index (χ0n) is 11.1. The summed E-state index contributed by atoms with van der Waals surface area (Å²) in [6.07, 6.45) is 5.54. The minimum Gasteiger partial charge on any atom is -0.321 e. The van der Waals surface area contributed by atoms with Gasteiger partial charge in [0.05, 0.1) is 6.04 Å². The Bertz CT molecular complexity index is 940. The number of hydrogen-bond acceptors (Lipinski definition) is 2.